The maximum atomic E-state index is 9.13. The summed E-state index contributed by atoms with van der Waals surface area (Å²) in [6.45, 7) is 6.22. The molecule has 0 spiro atoms. The van der Waals surface area contributed by atoms with E-state index in [9.17, 15) is 0 Å². The van der Waals surface area contributed by atoms with Gasteiger partial charge in [-0.25, -0.2) is 0 Å². The van der Waals surface area contributed by atoms with Crippen molar-refractivity contribution < 1.29 is 9.84 Å². The summed E-state index contributed by atoms with van der Waals surface area (Å²) >= 11 is 1.24. The molecule has 0 unspecified atom stereocenters. The molecule has 0 aliphatic heterocycles. The van der Waals surface area contributed by atoms with Crippen molar-refractivity contribution in [3.05, 3.63) is 0 Å². The van der Waals surface area contributed by atoms with Gasteiger partial charge in [-0.15, -0.1) is 0 Å². The van der Waals surface area contributed by atoms with Gasteiger partial charge < -0.3 is 20.9 Å². The lowest BCUT2D eigenvalue weighted by atomic mass is 10.1. The minimum atomic E-state index is -0.412. The molecule has 0 atom stereocenters. The van der Waals surface area contributed by atoms with Crippen LogP contribution in [-0.4, -0.2) is 28.2 Å². The van der Waals surface area contributed by atoms with Gasteiger partial charge in [0.25, 0.3) is 0 Å². The number of anilines is 2. The number of hydrogen-bond donors (Lipinski definition) is 3. The summed E-state index contributed by atoms with van der Waals surface area (Å²) in [5.74, 6) is 0.960. The zero-order chi connectivity index (χ0) is 11.5. The Morgan fingerprint density at radius 2 is 2.27 bits per heavy atom. The van der Waals surface area contributed by atoms with Gasteiger partial charge in [0.2, 0.25) is 0 Å². The average molecular weight is 231 g/mol. The van der Waals surface area contributed by atoms with Crippen LogP contribution in [0.15, 0.2) is 0 Å². The van der Waals surface area contributed by atoms with Crippen molar-refractivity contribution in [3.8, 4) is 5.75 Å². The van der Waals surface area contributed by atoms with Crippen LogP contribution in [0.5, 0.6) is 5.75 Å². The van der Waals surface area contributed by atoms with Crippen molar-refractivity contribution in [3.63, 3.8) is 0 Å². The molecule has 0 fully saturated rings. The van der Waals surface area contributed by atoms with Crippen molar-refractivity contribution in [2.45, 2.75) is 26.3 Å². The largest absolute Gasteiger partial charge is 0.487 e. The smallest absolute Gasteiger partial charge is 0.197 e. The summed E-state index contributed by atoms with van der Waals surface area (Å²) in [4.78, 5) is 0. The molecule has 6 heteroatoms. The Morgan fingerprint density at radius 1 is 1.60 bits per heavy atom. The van der Waals surface area contributed by atoms with Crippen LogP contribution < -0.4 is 15.8 Å². The lowest BCUT2D eigenvalue weighted by molar-refractivity contribution is 0.234. The quantitative estimate of drug-likeness (QED) is 0.712. The average Bonchev–Trinajstić information content (AvgIpc) is 2.50. The lowest BCUT2D eigenvalue weighted by Gasteiger charge is -2.24. The summed E-state index contributed by atoms with van der Waals surface area (Å²) in [6, 6.07) is 0. The van der Waals surface area contributed by atoms with Crippen LogP contribution in [0.4, 0.5) is 10.8 Å². The Morgan fingerprint density at radius 3 is 2.80 bits per heavy atom. The predicted octanol–water partition coefficient (Wildman–Crippen LogP) is 1.31. The number of nitrogens with one attached hydrogen (secondary N) is 1. The van der Waals surface area contributed by atoms with E-state index in [1.165, 1.54) is 11.5 Å². The zero-order valence-electron chi connectivity index (χ0n) is 9.20. The minimum absolute atomic E-state index is 0.0242. The van der Waals surface area contributed by atoms with E-state index in [2.05, 4.69) is 9.69 Å². The molecule has 0 aromatic carbocycles. The molecule has 0 aliphatic rings. The van der Waals surface area contributed by atoms with E-state index < -0.39 is 5.54 Å². The molecule has 0 amide bonds. The van der Waals surface area contributed by atoms with E-state index in [0.29, 0.717) is 18.2 Å². The van der Waals surface area contributed by atoms with E-state index >= 15 is 0 Å². The molecule has 1 aromatic rings. The summed E-state index contributed by atoms with van der Waals surface area (Å²) in [6.07, 6.45) is 0. The third kappa shape index (κ3) is 2.97. The fourth-order valence-corrected chi connectivity index (χ4v) is 1.85. The van der Waals surface area contributed by atoms with Gasteiger partial charge in [-0.2, -0.15) is 4.37 Å². The van der Waals surface area contributed by atoms with Gasteiger partial charge in [-0.05, 0) is 32.3 Å². The van der Waals surface area contributed by atoms with E-state index in [1.807, 2.05) is 20.8 Å². The molecular weight excluding hydrogens is 214 g/mol. The molecule has 1 heterocycles. The van der Waals surface area contributed by atoms with Crippen molar-refractivity contribution in [1.29, 1.82) is 0 Å². The van der Waals surface area contributed by atoms with E-state index in [0.717, 1.165) is 5.00 Å². The molecule has 1 rings (SSSR count). The van der Waals surface area contributed by atoms with Crippen molar-refractivity contribution in [2.24, 2.45) is 0 Å². The second-order valence-corrected chi connectivity index (χ2v) is 4.60. The van der Waals surface area contributed by atoms with Gasteiger partial charge in [0.1, 0.15) is 0 Å². The first-order valence-corrected chi connectivity index (χ1v) is 5.54. The van der Waals surface area contributed by atoms with Gasteiger partial charge >= 0.3 is 0 Å². The van der Waals surface area contributed by atoms with E-state index in [4.69, 9.17) is 15.6 Å². The standard InChI is InChI=1S/C9H17N3O2S/c1-4-14-6-7(10)12-15-8(6)11-9(2,3)5-13/h11,13H,4-5H2,1-3H3,(H2,10,12). The summed E-state index contributed by atoms with van der Waals surface area (Å²) in [5, 5.41) is 13.0. The Kier molecular flexibility index (Phi) is 3.76. The van der Waals surface area contributed by atoms with Crippen LogP contribution in [0.2, 0.25) is 0 Å². The fraction of sp³-hybridized carbons (Fsp3) is 0.667. The Hall–Kier alpha value is -1.01. The van der Waals surface area contributed by atoms with Gasteiger partial charge in [0, 0.05) is 0 Å². The summed E-state index contributed by atoms with van der Waals surface area (Å²) < 4.78 is 9.38. The third-order valence-corrected chi connectivity index (χ3v) is 2.57. The highest BCUT2D eigenvalue weighted by atomic mass is 32.1. The number of ether oxygens (including phenoxy) is 1. The first-order valence-electron chi connectivity index (χ1n) is 4.77. The molecule has 0 saturated carbocycles. The highest BCUT2D eigenvalue weighted by Gasteiger charge is 2.21. The molecule has 0 radical (unpaired) electrons. The van der Waals surface area contributed by atoms with Gasteiger partial charge in [-0.3, -0.25) is 0 Å². The number of aliphatic hydroxyl groups is 1. The number of nitrogen functional groups attached to an aromatic ring is 1. The van der Waals surface area contributed by atoms with Crippen LogP contribution in [0.1, 0.15) is 20.8 Å². The summed E-state index contributed by atoms with van der Waals surface area (Å²) in [5.41, 5.74) is 5.25. The molecule has 86 valence electrons. The number of nitrogens with two attached hydrogens (primary N) is 1. The van der Waals surface area contributed by atoms with Crippen molar-refractivity contribution in [2.75, 3.05) is 24.3 Å². The van der Waals surface area contributed by atoms with E-state index in [1.54, 1.807) is 0 Å². The SMILES string of the molecule is CCOc1c(N)nsc1NC(C)(C)CO. The van der Waals surface area contributed by atoms with Crippen molar-refractivity contribution in [1.82, 2.24) is 4.37 Å². The third-order valence-electron chi connectivity index (χ3n) is 1.81. The molecule has 1 aromatic heterocycles. The highest BCUT2D eigenvalue weighted by molar-refractivity contribution is 7.11. The molecule has 0 bridgehead atoms. The number of rotatable bonds is 5. The van der Waals surface area contributed by atoms with Gasteiger partial charge in [0.05, 0.1) is 18.8 Å². The number of hydrogen-bond acceptors (Lipinski definition) is 6. The van der Waals surface area contributed by atoms with Crippen molar-refractivity contribution >= 4 is 22.4 Å². The molecule has 15 heavy (non-hydrogen) atoms. The van der Waals surface area contributed by atoms with Crippen LogP contribution in [-0.2, 0) is 0 Å². The van der Waals surface area contributed by atoms with Gasteiger partial charge in [-0.1, -0.05) is 0 Å². The fourth-order valence-electron chi connectivity index (χ4n) is 1.00. The first-order chi connectivity index (χ1) is 7.00. The van der Waals surface area contributed by atoms with Crippen LogP contribution >= 0.6 is 11.5 Å². The van der Waals surface area contributed by atoms with Crippen LogP contribution in [0, 0.1) is 0 Å². The summed E-state index contributed by atoms with van der Waals surface area (Å²) in [7, 11) is 0. The van der Waals surface area contributed by atoms with E-state index in [-0.39, 0.29) is 6.61 Å². The number of nitrogens with zero attached hydrogens (tertiary/aromatic N) is 1. The maximum Gasteiger partial charge on any atom is 0.197 e. The molecule has 0 aliphatic carbocycles. The molecule has 4 N–H and O–H groups in total. The molecule has 0 saturated heterocycles. The Bertz CT molecular complexity index is 325. The zero-order valence-corrected chi connectivity index (χ0v) is 10.0. The molecular formula is C9H17N3O2S. The molecule has 5 nitrogen and oxygen atoms in total. The monoisotopic (exact) mass is 231 g/mol. The topological polar surface area (TPSA) is 80.4 Å². The minimum Gasteiger partial charge on any atom is -0.487 e. The second kappa shape index (κ2) is 4.67. The number of aliphatic hydroxyl groups excluding tert-OH is 1. The van der Waals surface area contributed by atoms with Crippen LogP contribution in [0.3, 0.4) is 0 Å². The Labute approximate surface area is 93.4 Å². The normalized spacial score (nSPS) is 11.5. The Balaban J connectivity index is 2.85. The van der Waals surface area contributed by atoms with Gasteiger partial charge in [0.15, 0.2) is 16.6 Å². The number of aromatic nitrogens is 1. The van der Waals surface area contributed by atoms with Crippen LogP contribution in [0.25, 0.3) is 0 Å². The maximum absolute atomic E-state index is 9.13. The first kappa shape index (κ1) is 12.1. The predicted molar refractivity (Wildman–Crippen MR) is 62.5 cm³/mol. The lowest BCUT2D eigenvalue weighted by Crippen LogP contribution is -2.34. The highest BCUT2D eigenvalue weighted by Crippen LogP contribution is 2.36. The second-order valence-electron chi connectivity index (χ2n) is 3.83.